The van der Waals surface area contributed by atoms with E-state index in [-0.39, 0.29) is 0 Å². The Hall–Kier alpha value is -1.80. The quantitative estimate of drug-likeness (QED) is 0.593. The third kappa shape index (κ3) is 3.83. The minimum Gasteiger partial charge on any atom is -0.339 e. The Morgan fingerprint density at radius 3 is 2.79 bits per heavy atom. The molecule has 0 saturated heterocycles. The normalized spacial score (nSPS) is 10.3. The summed E-state index contributed by atoms with van der Waals surface area (Å²) < 4.78 is 5.17. The maximum absolute atomic E-state index is 8.48. The van der Waals surface area contributed by atoms with Crippen molar-refractivity contribution < 1.29 is 4.52 Å². The number of benzene rings is 1. The number of aryl methyl sites for hydroxylation is 1. The predicted octanol–water partition coefficient (Wildman–Crippen LogP) is 3.69. The highest BCUT2D eigenvalue weighted by Crippen LogP contribution is 2.22. The monoisotopic (exact) mass is 273 g/mol. The molecule has 0 aliphatic rings. The summed E-state index contributed by atoms with van der Waals surface area (Å²) in [5.41, 5.74) is 0.954. The van der Waals surface area contributed by atoms with Gasteiger partial charge in [-0.3, -0.25) is 0 Å². The van der Waals surface area contributed by atoms with Gasteiger partial charge in [0, 0.05) is 23.3 Å². The fraction of sp³-hybridized carbons (Fsp3) is 0.357. The van der Waals surface area contributed by atoms with Crippen molar-refractivity contribution in [2.75, 3.05) is 5.75 Å². The molecule has 0 atom stereocenters. The molecule has 1 aromatic carbocycles. The zero-order chi connectivity index (χ0) is 13.5. The van der Waals surface area contributed by atoms with E-state index in [0.717, 1.165) is 17.7 Å². The standard InChI is InChI=1S/C14H15N3OS/c1-2-19-12-8-6-11(7-9-12)14-16-13(18-17-14)5-3-4-10-15/h6-9H,2-5H2,1H3. The molecule has 0 spiro atoms. The summed E-state index contributed by atoms with van der Waals surface area (Å²) in [5.74, 6) is 2.27. The summed E-state index contributed by atoms with van der Waals surface area (Å²) in [6, 6.07) is 10.2. The van der Waals surface area contributed by atoms with Gasteiger partial charge in [-0.25, -0.2) is 0 Å². The molecule has 0 amide bonds. The fourth-order valence-electron chi connectivity index (χ4n) is 1.66. The van der Waals surface area contributed by atoms with Crippen LogP contribution in [0.1, 0.15) is 25.7 Å². The van der Waals surface area contributed by atoms with Gasteiger partial charge in [0.1, 0.15) is 0 Å². The van der Waals surface area contributed by atoms with Crippen LogP contribution in [0.3, 0.4) is 0 Å². The molecule has 0 bridgehead atoms. The molecule has 1 heterocycles. The number of nitrogens with zero attached hydrogens (tertiary/aromatic N) is 3. The SMILES string of the molecule is CCSc1ccc(-c2noc(CCCC#N)n2)cc1. The molecule has 0 fully saturated rings. The fourth-order valence-corrected chi connectivity index (χ4v) is 2.32. The smallest absolute Gasteiger partial charge is 0.226 e. The lowest BCUT2D eigenvalue weighted by atomic mass is 10.2. The minimum absolute atomic E-state index is 0.515. The summed E-state index contributed by atoms with van der Waals surface area (Å²) in [6.07, 6.45) is 1.93. The Morgan fingerprint density at radius 1 is 1.32 bits per heavy atom. The van der Waals surface area contributed by atoms with Crippen LogP contribution in [0.15, 0.2) is 33.7 Å². The molecule has 0 radical (unpaired) electrons. The molecule has 4 nitrogen and oxygen atoms in total. The summed E-state index contributed by atoms with van der Waals surface area (Å²) in [6.45, 7) is 2.13. The highest BCUT2D eigenvalue weighted by atomic mass is 32.2. The molecule has 2 aromatic rings. The van der Waals surface area contributed by atoms with Crippen LogP contribution in [0.2, 0.25) is 0 Å². The first-order valence-corrected chi connectivity index (χ1v) is 7.25. The number of hydrogen-bond donors (Lipinski definition) is 0. The van der Waals surface area contributed by atoms with Crippen LogP contribution < -0.4 is 0 Å². The van der Waals surface area contributed by atoms with Crippen LogP contribution in [-0.4, -0.2) is 15.9 Å². The molecule has 1 aromatic heterocycles. The van der Waals surface area contributed by atoms with Gasteiger partial charge in [0.15, 0.2) is 0 Å². The van der Waals surface area contributed by atoms with Crippen molar-refractivity contribution in [2.24, 2.45) is 0 Å². The maximum atomic E-state index is 8.48. The Labute approximate surface area is 116 Å². The van der Waals surface area contributed by atoms with Crippen molar-refractivity contribution >= 4 is 11.8 Å². The van der Waals surface area contributed by atoms with E-state index in [1.54, 1.807) is 11.8 Å². The highest BCUT2D eigenvalue weighted by molar-refractivity contribution is 7.99. The Balaban J connectivity index is 2.03. The van der Waals surface area contributed by atoms with Crippen LogP contribution in [0.5, 0.6) is 0 Å². The van der Waals surface area contributed by atoms with E-state index in [2.05, 4.69) is 35.3 Å². The molecule has 5 heteroatoms. The molecule has 0 aliphatic heterocycles. The van der Waals surface area contributed by atoms with E-state index < -0.39 is 0 Å². The van der Waals surface area contributed by atoms with E-state index in [0.29, 0.717) is 24.6 Å². The summed E-state index contributed by atoms with van der Waals surface area (Å²) >= 11 is 1.80. The van der Waals surface area contributed by atoms with Crippen molar-refractivity contribution in [1.29, 1.82) is 5.26 Å². The minimum atomic E-state index is 0.515. The van der Waals surface area contributed by atoms with Gasteiger partial charge in [0.05, 0.1) is 6.07 Å². The van der Waals surface area contributed by atoms with Gasteiger partial charge in [-0.15, -0.1) is 11.8 Å². The second-order valence-corrected chi connectivity index (χ2v) is 5.32. The first kappa shape index (κ1) is 13.6. The van der Waals surface area contributed by atoms with Crippen LogP contribution in [0.4, 0.5) is 0 Å². The number of aromatic nitrogens is 2. The Kier molecular flexibility index (Phi) is 4.99. The van der Waals surface area contributed by atoms with Gasteiger partial charge in [0.25, 0.3) is 0 Å². The van der Waals surface area contributed by atoms with E-state index in [4.69, 9.17) is 9.78 Å². The van der Waals surface area contributed by atoms with Gasteiger partial charge in [-0.2, -0.15) is 10.2 Å². The second kappa shape index (κ2) is 6.95. The van der Waals surface area contributed by atoms with Gasteiger partial charge in [-0.05, 0) is 36.4 Å². The molecule has 0 N–H and O–H groups in total. The van der Waals surface area contributed by atoms with E-state index in [9.17, 15) is 0 Å². The molecule has 0 unspecified atom stereocenters. The van der Waals surface area contributed by atoms with Crippen LogP contribution in [0, 0.1) is 11.3 Å². The largest absolute Gasteiger partial charge is 0.339 e. The number of unbranched alkanes of at least 4 members (excludes halogenated alkanes) is 1. The third-order valence-corrected chi connectivity index (χ3v) is 3.47. The Bertz CT molecular complexity index is 557. The summed E-state index contributed by atoms with van der Waals surface area (Å²) in [4.78, 5) is 5.57. The number of nitriles is 1. The zero-order valence-corrected chi connectivity index (χ0v) is 11.6. The van der Waals surface area contributed by atoms with Gasteiger partial charge < -0.3 is 4.52 Å². The first-order chi connectivity index (χ1) is 9.33. The van der Waals surface area contributed by atoms with E-state index >= 15 is 0 Å². The van der Waals surface area contributed by atoms with Crippen LogP contribution in [-0.2, 0) is 6.42 Å². The maximum Gasteiger partial charge on any atom is 0.226 e. The second-order valence-electron chi connectivity index (χ2n) is 3.98. The van der Waals surface area contributed by atoms with Crippen LogP contribution >= 0.6 is 11.8 Å². The molecule has 19 heavy (non-hydrogen) atoms. The summed E-state index contributed by atoms with van der Waals surface area (Å²) in [5, 5.41) is 12.4. The number of hydrogen-bond acceptors (Lipinski definition) is 5. The lowest BCUT2D eigenvalue weighted by molar-refractivity contribution is 0.376. The zero-order valence-electron chi connectivity index (χ0n) is 10.8. The third-order valence-electron chi connectivity index (χ3n) is 2.57. The molecular weight excluding hydrogens is 258 g/mol. The number of thioether (sulfide) groups is 1. The molecule has 2 rings (SSSR count). The predicted molar refractivity (Wildman–Crippen MR) is 74.7 cm³/mol. The average Bonchev–Trinajstić information content (AvgIpc) is 2.89. The highest BCUT2D eigenvalue weighted by Gasteiger charge is 2.08. The van der Waals surface area contributed by atoms with Crippen molar-refractivity contribution in [3.8, 4) is 17.5 Å². The number of rotatable bonds is 6. The Morgan fingerprint density at radius 2 is 2.11 bits per heavy atom. The van der Waals surface area contributed by atoms with E-state index in [1.807, 2.05) is 12.1 Å². The van der Waals surface area contributed by atoms with Crippen LogP contribution in [0.25, 0.3) is 11.4 Å². The summed E-state index contributed by atoms with van der Waals surface area (Å²) in [7, 11) is 0. The molecular formula is C14H15N3OS. The lowest BCUT2D eigenvalue weighted by Gasteiger charge is -1.98. The van der Waals surface area contributed by atoms with E-state index in [1.165, 1.54) is 4.90 Å². The van der Waals surface area contributed by atoms with Crippen molar-refractivity contribution in [3.63, 3.8) is 0 Å². The van der Waals surface area contributed by atoms with Crippen molar-refractivity contribution in [1.82, 2.24) is 10.1 Å². The molecule has 98 valence electrons. The van der Waals surface area contributed by atoms with Gasteiger partial charge >= 0.3 is 0 Å². The van der Waals surface area contributed by atoms with Crippen molar-refractivity contribution in [3.05, 3.63) is 30.2 Å². The lowest BCUT2D eigenvalue weighted by Crippen LogP contribution is -1.85. The van der Waals surface area contributed by atoms with Gasteiger partial charge in [-0.1, -0.05) is 12.1 Å². The first-order valence-electron chi connectivity index (χ1n) is 6.26. The van der Waals surface area contributed by atoms with Gasteiger partial charge in [0.2, 0.25) is 11.7 Å². The van der Waals surface area contributed by atoms with Crippen molar-refractivity contribution in [2.45, 2.75) is 31.1 Å². The molecule has 0 saturated carbocycles. The topological polar surface area (TPSA) is 62.7 Å². The molecule has 0 aliphatic carbocycles. The average molecular weight is 273 g/mol.